The number of hydrogen-bond acceptors (Lipinski definition) is 2. The molecule has 0 aliphatic carbocycles. The van der Waals surface area contributed by atoms with E-state index in [-0.39, 0.29) is 0 Å². The summed E-state index contributed by atoms with van der Waals surface area (Å²) in [6, 6.07) is 0. The molecule has 0 fully saturated rings. The molecule has 0 atom stereocenters. The number of hydrogen-bond donors (Lipinski definition) is 1. The molecule has 0 aliphatic heterocycles. The van der Waals surface area contributed by atoms with Gasteiger partial charge in [-0.15, -0.1) is 0 Å². The van der Waals surface area contributed by atoms with Crippen molar-refractivity contribution in [2.24, 2.45) is 0 Å². The number of thioether (sulfide) groups is 1. The predicted octanol–water partition coefficient (Wildman–Crippen LogP) is 2.25. The van der Waals surface area contributed by atoms with Crippen molar-refractivity contribution in [3.63, 3.8) is 0 Å². The Hall–Kier alpha value is -0.110. The molecule has 0 amide bonds. The molecule has 0 heterocycles. The van der Waals surface area contributed by atoms with Crippen LogP contribution in [0.4, 0.5) is 0 Å². The fourth-order valence-corrected chi connectivity index (χ4v) is 1.16. The summed E-state index contributed by atoms with van der Waals surface area (Å²) in [6.07, 6.45) is 4.11. The highest BCUT2D eigenvalue weighted by atomic mass is 32.2. The zero-order valence-corrected chi connectivity index (χ0v) is 8.09. The zero-order chi connectivity index (χ0) is 8.04. The number of rotatable bonds is 3. The normalized spacial score (nSPS) is 12.4. The van der Waals surface area contributed by atoms with Crippen molar-refractivity contribution < 1.29 is 0 Å². The van der Waals surface area contributed by atoms with Crippen molar-refractivity contribution in [1.82, 2.24) is 5.32 Å². The molecular weight excluding hydrogens is 142 g/mol. The van der Waals surface area contributed by atoms with E-state index >= 15 is 0 Å². The van der Waals surface area contributed by atoms with Gasteiger partial charge in [-0.2, -0.15) is 11.8 Å². The molecule has 0 saturated heterocycles. The molecule has 1 nitrogen and oxygen atoms in total. The first kappa shape index (κ1) is 9.89. The van der Waals surface area contributed by atoms with Crippen molar-refractivity contribution in [3.8, 4) is 0 Å². The topological polar surface area (TPSA) is 12.0 Å². The fourth-order valence-electron chi connectivity index (χ4n) is 0.464. The zero-order valence-electron chi connectivity index (χ0n) is 7.27. The lowest BCUT2D eigenvalue weighted by molar-refractivity contribution is 0.804. The van der Waals surface area contributed by atoms with Gasteiger partial charge in [0.15, 0.2) is 0 Å². The van der Waals surface area contributed by atoms with Crippen LogP contribution in [0.5, 0.6) is 0 Å². The highest BCUT2D eigenvalue weighted by Gasteiger charge is 2.07. The van der Waals surface area contributed by atoms with Gasteiger partial charge in [-0.25, -0.2) is 0 Å². The molecule has 0 bridgehead atoms. The largest absolute Gasteiger partial charge is 0.394 e. The van der Waals surface area contributed by atoms with Crippen LogP contribution in [-0.4, -0.2) is 17.5 Å². The maximum atomic E-state index is 2.96. The van der Waals surface area contributed by atoms with Crippen molar-refractivity contribution >= 4 is 11.8 Å². The molecule has 2 heteroatoms. The van der Waals surface area contributed by atoms with Crippen LogP contribution in [0.15, 0.2) is 12.3 Å². The van der Waals surface area contributed by atoms with E-state index in [2.05, 4.69) is 32.2 Å². The molecule has 10 heavy (non-hydrogen) atoms. The van der Waals surface area contributed by atoms with Crippen LogP contribution in [0.1, 0.15) is 20.8 Å². The quantitative estimate of drug-likeness (QED) is 0.678. The monoisotopic (exact) mass is 159 g/mol. The molecule has 0 aromatic rings. The van der Waals surface area contributed by atoms with Crippen LogP contribution >= 0.6 is 11.8 Å². The van der Waals surface area contributed by atoms with Gasteiger partial charge in [-0.1, -0.05) is 26.8 Å². The molecule has 0 saturated carbocycles. The van der Waals surface area contributed by atoms with E-state index in [9.17, 15) is 0 Å². The predicted molar refractivity (Wildman–Crippen MR) is 50.4 cm³/mol. The molecule has 0 spiro atoms. The maximum Gasteiger partial charge on any atom is 0.0135 e. The van der Waals surface area contributed by atoms with Gasteiger partial charge in [0.05, 0.1) is 0 Å². The van der Waals surface area contributed by atoms with Crippen molar-refractivity contribution in [2.75, 3.05) is 12.8 Å². The molecule has 0 unspecified atom stereocenters. The Kier molecular flexibility index (Phi) is 4.62. The second kappa shape index (κ2) is 4.67. The van der Waals surface area contributed by atoms with E-state index in [4.69, 9.17) is 0 Å². The minimum Gasteiger partial charge on any atom is -0.394 e. The van der Waals surface area contributed by atoms with E-state index in [0.29, 0.717) is 4.75 Å². The first-order valence-electron chi connectivity index (χ1n) is 3.52. The Morgan fingerprint density at radius 3 is 2.40 bits per heavy atom. The Morgan fingerprint density at radius 2 is 2.00 bits per heavy atom. The van der Waals surface area contributed by atoms with Crippen LogP contribution in [0.3, 0.4) is 0 Å². The maximum absolute atomic E-state index is 2.96. The van der Waals surface area contributed by atoms with E-state index in [1.807, 2.05) is 25.0 Å². The third-order valence-electron chi connectivity index (χ3n) is 0.897. The molecule has 0 aromatic heterocycles. The average molecular weight is 159 g/mol. The minimum absolute atomic E-state index is 0.387. The Balaban J connectivity index is 3.28. The van der Waals surface area contributed by atoms with Gasteiger partial charge in [-0.3, -0.25) is 0 Å². The lowest BCUT2D eigenvalue weighted by Crippen LogP contribution is -2.07. The molecule has 0 aliphatic rings. The molecule has 60 valence electrons. The SMILES string of the molecule is CN/C=C\CSC(C)(C)C. The van der Waals surface area contributed by atoms with E-state index in [0.717, 1.165) is 5.75 Å². The van der Waals surface area contributed by atoms with Crippen LogP contribution in [0, 0.1) is 0 Å². The summed E-state index contributed by atoms with van der Waals surface area (Å²) in [6.45, 7) is 6.68. The highest BCUT2D eigenvalue weighted by Crippen LogP contribution is 2.22. The summed E-state index contributed by atoms with van der Waals surface area (Å²) in [4.78, 5) is 0. The van der Waals surface area contributed by atoms with Crippen LogP contribution in [0.2, 0.25) is 0 Å². The summed E-state index contributed by atoms with van der Waals surface area (Å²) >= 11 is 1.95. The third-order valence-corrected chi connectivity index (χ3v) is 2.12. The number of nitrogens with one attached hydrogen (secondary N) is 1. The van der Waals surface area contributed by atoms with E-state index < -0.39 is 0 Å². The fraction of sp³-hybridized carbons (Fsp3) is 0.750. The lowest BCUT2D eigenvalue weighted by atomic mass is 10.3. The minimum atomic E-state index is 0.387. The van der Waals surface area contributed by atoms with E-state index in [1.165, 1.54) is 0 Å². The summed E-state index contributed by atoms with van der Waals surface area (Å²) < 4.78 is 0.387. The summed E-state index contributed by atoms with van der Waals surface area (Å²) in [5, 5.41) is 2.96. The first-order valence-corrected chi connectivity index (χ1v) is 4.51. The van der Waals surface area contributed by atoms with Crippen molar-refractivity contribution in [3.05, 3.63) is 12.3 Å². The van der Waals surface area contributed by atoms with Gasteiger partial charge < -0.3 is 5.32 Å². The van der Waals surface area contributed by atoms with Crippen LogP contribution in [-0.2, 0) is 0 Å². The van der Waals surface area contributed by atoms with Crippen molar-refractivity contribution in [2.45, 2.75) is 25.5 Å². The molecule has 0 rings (SSSR count). The second-order valence-electron chi connectivity index (χ2n) is 3.11. The molecule has 1 N–H and O–H groups in total. The van der Waals surface area contributed by atoms with Crippen LogP contribution in [0.25, 0.3) is 0 Å². The standard InChI is InChI=1S/C8H17NS/c1-8(2,3)10-7-5-6-9-4/h5-6,9H,7H2,1-4H3/b6-5-. The van der Waals surface area contributed by atoms with Gasteiger partial charge >= 0.3 is 0 Å². The Morgan fingerprint density at radius 1 is 1.40 bits per heavy atom. The summed E-state index contributed by atoms with van der Waals surface area (Å²) in [5.74, 6) is 1.09. The van der Waals surface area contributed by atoms with Gasteiger partial charge in [0.1, 0.15) is 0 Å². The molecule has 0 radical (unpaired) electrons. The summed E-state index contributed by atoms with van der Waals surface area (Å²) in [5.41, 5.74) is 0. The van der Waals surface area contributed by atoms with Crippen LogP contribution < -0.4 is 5.32 Å². The van der Waals surface area contributed by atoms with Gasteiger partial charge in [0, 0.05) is 17.5 Å². The van der Waals surface area contributed by atoms with Crippen molar-refractivity contribution in [1.29, 1.82) is 0 Å². The van der Waals surface area contributed by atoms with Gasteiger partial charge in [-0.05, 0) is 6.20 Å². The molecule has 0 aromatic carbocycles. The average Bonchev–Trinajstić information content (AvgIpc) is 1.78. The summed E-state index contributed by atoms with van der Waals surface area (Å²) in [7, 11) is 1.91. The third kappa shape index (κ3) is 7.89. The first-order chi connectivity index (χ1) is 4.56. The van der Waals surface area contributed by atoms with E-state index in [1.54, 1.807) is 0 Å². The van der Waals surface area contributed by atoms with Gasteiger partial charge in [0.25, 0.3) is 0 Å². The lowest BCUT2D eigenvalue weighted by Gasteiger charge is -2.15. The highest BCUT2D eigenvalue weighted by molar-refractivity contribution is 8.00. The Bertz CT molecular complexity index is 102. The van der Waals surface area contributed by atoms with Gasteiger partial charge in [0.2, 0.25) is 0 Å². The second-order valence-corrected chi connectivity index (χ2v) is 4.96. The smallest absolute Gasteiger partial charge is 0.0135 e. The molecular formula is C8H17NS. The Labute approximate surface area is 68.3 Å².